The number of carbonyl (C=O) groups is 2. The molecule has 114 valence electrons. The first-order valence-corrected chi connectivity index (χ1v) is 6.83. The fourth-order valence-electron chi connectivity index (χ4n) is 1.84. The van der Waals surface area contributed by atoms with Crippen LogP contribution in [0.15, 0.2) is 42.5 Å². The molecule has 0 spiro atoms. The Morgan fingerprint density at radius 2 is 1.86 bits per heavy atom. The molecule has 0 saturated heterocycles. The summed E-state index contributed by atoms with van der Waals surface area (Å²) in [4.78, 5) is 23.3. The number of carbonyl (C=O) groups excluding carboxylic acids is 2. The van der Waals surface area contributed by atoms with Gasteiger partial charge >= 0.3 is 5.97 Å². The van der Waals surface area contributed by atoms with Gasteiger partial charge in [0.05, 0.1) is 18.2 Å². The van der Waals surface area contributed by atoms with Gasteiger partial charge in [-0.2, -0.15) is 0 Å². The van der Waals surface area contributed by atoms with Crippen molar-refractivity contribution < 1.29 is 19.4 Å². The maximum atomic E-state index is 12.0. The SMILES string of the molecule is COC(=O)c1ccc(CNC(=O)c2cc(Cl)ccc2O)cc1. The van der Waals surface area contributed by atoms with Crippen LogP contribution >= 0.6 is 11.6 Å². The van der Waals surface area contributed by atoms with Crippen LogP contribution in [0.2, 0.25) is 5.02 Å². The van der Waals surface area contributed by atoms with E-state index in [9.17, 15) is 14.7 Å². The van der Waals surface area contributed by atoms with E-state index >= 15 is 0 Å². The number of ether oxygens (including phenoxy) is 1. The average molecular weight is 320 g/mol. The van der Waals surface area contributed by atoms with E-state index in [1.165, 1.54) is 25.3 Å². The van der Waals surface area contributed by atoms with Gasteiger partial charge in [-0.25, -0.2) is 4.79 Å². The van der Waals surface area contributed by atoms with E-state index in [0.717, 1.165) is 5.56 Å². The standard InChI is InChI=1S/C16H14ClNO4/c1-22-16(21)11-4-2-10(3-5-11)9-18-15(20)13-8-12(17)6-7-14(13)19/h2-8,19H,9H2,1H3,(H,18,20). The van der Waals surface area contributed by atoms with E-state index < -0.39 is 11.9 Å². The minimum absolute atomic E-state index is 0.110. The molecule has 2 N–H and O–H groups in total. The predicted molar refractivity (Wildman–Crippen MR) is 82.1 cm³/mol. The molecule has 2 aromatic rings. The number of phenolic OH excluding ortho intramolecular Hbond substituents is 1. The number of halogens is 1. The molecule has 1 amide bonds. The first-order chi connectivity index (χ1) is 10.5. The fourth-order valence-corrected chi connectivity index (χ4v) is 2.02. The topological polar surface area (TPSA) is 75.6 Å². The van der Waals surface area contributed by atoms with Crippen molar-refractivity contribution in [2.75, 3.05) is 7.11 Å². The van der Waals surface area contributed by atoms with Crippen molar-refractivity contribution in [2.45, 2.75) is 6.54 Å². The lowest BCUT2D eigenvalue weighted by molar-refractivity contribution is 0.0600. The van der Waals surface area contributed by atoms with Crippen LogP contribution in [0.1, 0.15) is 26.3 Å². The summed E-state index contributed by atoms with van der Waals surface area (Å²) in [7, 11) is 1.31. The first kappa shape index (κ1) is 15.9. The number of nitrogens with one attached hydrogen (secondary N) is 1. The summed E-state index contributed by atoms with van der Waals surface area (Å²) >= 11 is 5.80. The molecule has 0 heterocycles. The molecular weight excluding hydrogens is 306 g/mol. The van der Waals surface area contributed by atoms with Gasteiger partial charge in [-0.05, 0) is 35.9 Å². The molecule has 2 rings (SSSR count). The van der Waals surface area contributed by atoms with Crippen molar-refractivity contribution in [1.29, 1.82) is 0 Å². The molecule has 0 atom stereocenters. The van der Waals surface area contributed by atoms with Crippen LogP contribution in [0.3, 0.4) is 0 Å². The van der Waals surface area contributed by atoms with Gasteiger partial charge in [0.1, 0.15) is 5.75 Å². The lowest BCUT2D eigenvalue weighted by Gasteiger charge is -2.08. The van der Waals surface area contributed by atoms with Gasteiger partial charge in [-0.3, -0.25) is 4.79 Å². The first-order valence-electron chi connectivity index (χ1n) is 6.45. The quantitative estimate of drug-likeness (QED) is 0.850. The Hall–Kier alpha value is -2.53. The van der Waals surface area contributed by atoms with E-state index in [0.29, 0.717) is 10.6 Å². The number of hydrogen-bond donors (Lipinski definition) is 2. The highest BCUT2D eigenvalue weighted by molar-refractivity contribution is 6.31. The van der Waals surface area contributed by atoms with Crippen LogP contribution in [-0.4, -0.2) is 24.1 Å². The molecule has 0 aliphatic carbocycles. The molecule has 0 saturated carbocycles. The minimum atomic E-state index is -0.433. The van der Waals surface area contributed by atoms with Gasteiger partial charge in [-0.1, -0.05) is 23.7 Å². The van der Waals surface area contributed by atoms with Crippen LogP contribution in [0.5, 0.6) is 5.75 Å². The largest absolute Gasteiger partial charge is 0.507 e. The zero-order valence-electron chi connectivity index (χ0n) is 11.8. The summed E-state index contributed by atoms with van der Waals surface area (Å²) in [5.41, 5.74) is 1.35. The molecule has 0 radical (unpaired) electrons. The van der Waals surface area contributed by atoms with Crippen LogP contribution in [0.25, 0.3) is 0 Å². The second-order valence-electron chi connectivity index (χ2n) is 4.53. The van der Waals surface area contributed by atoms with Crippen LogP contribution in [-0.2, 0) is 11.3 Å². The Bertz CT molecular complexity index is 698. The van der Waals surface area contributed by atoms with Crippen molar-refractivity contribution in [1.82, 2.24) is 5.32 Å². The maximum absolute atomic E-state index is 12.0. The fraction of sp³-hybridized carbons (Fsp3) is 0.125. The second kappa shape index (κ2) is 6.95. The van der Waals surface area contributed by atoms with Crippen molar-refractivity contribution in [3.63, 3.8) is 0 Å². The predicted octanol–water partition coefficient (Wildman–Crippen LogP) is 2.76. The molecule has 0 aromatic heterocycles. The Kier molecular flexibility index (Phi) is 5.01. The summed E-state index contributed by atoms with van der Waals surface area (Å²) in [6, 6.07) is 10.9. The number of phenols is 1. The zero-order valence-corrected chi connectivity index (χ0v) is 12.6. The molecule has 0 aliphatic rings. The highest BCUT2D eigenvalue weighted by Gasteiger charge is 2.11. The maximum Gasteiger partial charge on any atom is 0.337 e. The molecule has 2 aromatic carbocycles. The summed E-state index contributed by atoms with van der Waals surface area (Å²) in [5.74, 6) is -0.987. The molecule has 0 bridgehead atoms. The number of methoxy groups -OCH3 is 1. The number of aromatic hydroxyl groups is 1. The van der Waals surface area contributed by atoms with Crippen LogP contribution in [0.4, 0.5) is 0 Å². The van der Waals surface area contributed by atoms with Crippen LogP contribution < -0.4 is 5.32 Å². The zero-order chi connectivity index (χ0) is 16.1. The highest BCUT2D eigenvalue weighted by atomic mass is 35.5. The number of hydrogen-bond acceptors (Lipinski definition) is 4. The lowest BCUT2D eigenvalue weighted by atomic mass is 10.1. The average Bonchev–Trinajstić information content (AvgIpc) is 2.54. The van der Waals surface area contributed by atoms with Crippen LogP contribution in [0, 0.1) is 0 Å². The normalized spacial score (nSPS) is 10.1. The van der Waals surface area contributed by atoms with Crippen molar-refractivity contribution >= 4 is 23.5 Å². The van der Waals surface area contributed by atoms with Crippen molar-refractivity contribution in [3.05, 3.63) is 64.2 Å². The van der Waals surface area contributed by atoms with Crippen molar-refractivity contribution in [2.24, 2.45) is 0 Å². The van der Waals surface area contributed by atoms with E-state index in [4.69, 9.17) is 11.6 Å². The van der Waals surface area contributed by atoms with Gasteiger partial charge in [0, 0.05) is 11.6 Å². The molecule has 0 fully saturated rings. The summed E-state index contributed by atoms with van der Waals surface area (Å²) in [5, 5.41) is 12.7. The van der Waals surface area contributed by atoms with Gasteiger partial charge in [0.2, 0.25) is 0 Å². The third kappa shape index (κ3) is 3.77. The number of benzene rings is 2. The molecule has 22 heavy (non-hydrogen) atoms. The smallest absolute Gasteiger partial charge is 0.337 e. The monoisotopic (exact) mass is 319 g/mol. The Labute approximate surface area is 132 Å². The summed E-state index contributed by atoms with van der Waals surface area (Å²) < 4.78 is 4.61. The van der Waals surface area contributed by atoms with Gasteiger partial charge < -0.3 is 15.2 Å². The minimum Gasteiger partial charge on any atom is -0.507 e. The Balaban J connectivity index is 2.02. The van der Waals surface area contributed by atoms with E-state index in [1.807, 2.05) is 0 Å². The number of rotatable bonds is 4. The molecular formula is C16H14ClNO4. The summed E-state index contributed by atoms with van der Waals surface area (Å²) in [6.07, 6.45) is 0. The van der Waals surface area contributed by atoms with E-state index in [-0.39, 0.29) is 17.9 Å². The van der Waals surface area contributed by atoms with E-state index in [1.54, 1.807) is 24.3 Å². The molecule has 6 heteroatoms. The third-order valence-electron chi connectivity index (χ3n) is 3.03. The Morgan fingerprint density at radius 1 is 1.18 bits per heavy atom. The lowest BCUT2D eigenvalue weighted by Crippen LogP contribution is -2.22. The summed E-state index contributed by atoms with van der Waals surface area (Å²) in [6.45, 7) is 0.256. The highest BCUT2D eigenvalue weighted by Crippen LogP contribution is 2.21. The van der Waals surface area contributed by atoms with Crippen molar-refractivity contribution in [3.8, 4) is 5.75 Å². The van der Waals surface area contributed by atoms with Gasteiger partial charge in [0.15, 0.2) is 0 Å². The molecule has 5 nitrogen and oxygen atoms in total. The number of esters is 1. The van der Waals surface area contributed by atoms with E-state index in [2.05, 4.69) is 10.1 Å². The molecule has 0 unspecified atom stereocenters. The Morgan fingerprint density at radius 3 is 2.50 bits per heavy atom. The molecule has 0 aliphatic heterocycles. The second-order valence-corrected chi connectivity index (χ2v) is 4.97. The van der Waals surface area contributed by atoms with Gasteiger partial charge in [0.25, 0.3) is 5.91 Å². The third-order valence-corrected chi connectivity index (χ3v) is 3.27. The number of amides is 1. The van der Waals surface area contributed by atoms with Gasteiger partial charge in [-0.15, -0.1) is 0 Å².